The Hall–Kier alpha value is -1.60. The Labute approximate surface area is 109 Å². The van der Waals surface area contributed by atoms with Gasteiger partial charge in [0.05, 0.1) is 11.7 Å². The van der Waals surface area contributed by atoms with Crippen LogP contribution >= 0.6 is 0 Å². The van der Waals surface area contributed by atoms with E-state index in [-0.39, 0.29) is 22.9 Å². The summed E-state index contributed by atoms with van der Waals surface area (Å²) >= 11 is 0. The molecule has 0 aromatic carbocycles. The van der Waals surface area contributed by atoms with Crippen LogP contribution in [0.4, 0.5) is 4.39 Å². The lowest BCUT2D eigenvalue weighted by Crippen LogP contribution is -2.39. The first-order valence-corrected chi connectivity index (χ1v) is 6.42. The highest BCUT2D eigenvalue weighted by Gasteiger charge is 2.44. The van der Waals surface area contributed by atoms with E-state index in [0.717, 1.165) is 6.42 Å². The maximum Gasteiger partial charge on any atom is 0.213 e. The van der Waals surface area contributed by atoms with Crippen molar-refractivity contribution in [2.24, 2.45) is 5.92 Å². The van der Waals surface area contributed by atoms with Gasteiger partial charge in [0, 0.05) is 29.7 Å². The maximum atomic E-state index is 13.2. The Morgan fingerprint density at radius 2 is 2.21 bits per heavy atom. The molecule has 0 amide bonds. The molecular formula is C12H15FN4O2. The SMILES string of the molecule is O=[N+]([O-])C1CCC2NNC(c3cccc(F)n3)C2C1. The molecule has 19 heavy (non-hydrogen) atoms. The minimum absolute atomic E-state index is 0.0819. The van der Waals surface area contributed by atoms with E-state index < -0.39 is 12.0 Å². The molecule has 2 N–H and O–H groups in total. The zero-order valence-electron chi connectivity index (χ0n) is 10.3. The zero-order chi connectivity index (χ0) is 13.4. The van der Waals surface area contributed by atoms with Gasteiger partial charge in [-0.2, -0.15) is 4.39 Å². The fourth-order valence-corrected chi connectivity index (χ4v) is 3.12. The molecule has 1 aliphatic carbocycles. The lowest BCUT2D eigenvalue weighted by Gasteiger charge is -2.28. The van der Waals surface area contributed by atoms with Crippen LogP contribution in [0.5, 0.6) is 0 Å². The van der Waals surface area contributed by atoms with Crippen molar-refractivity contribution >= 4 is 0 Å². The second kappa shape index (κ2) is 4.82. The van der Waals surface area contributed by atoms with Crippen molar-refractivity contribution in [1.29, 1.82) is 0 Å². The fourth-order valence-electron chi connectivity index (χ4n) is 3.12. The number of hydrogen-bond donors (Lipinski definition) is 2. The molecule has 2 fully saturated rings. The summed E-state index contributed by atoms with van der Waals surface area (Å²) in [5, 5.41) is 10.9. The molecule has 2 aliphatic rings. The maximum absolute atomic E-state index is 13.2. The van der Waals surface area contributed by atoms with E-state index in [1.807, 2.05) is 0 Å². The molecule has 1 aromatic heterocycles. The van der Waals surface area contributed by atoms with Gasteiger partial charge < -0.3 is 0 Å². The molecule has 2 heterocycles. The predicted molar refractivity (Wildman–Crippen MR) is 65.1 cm³/mol. The Bertz CT molecular complexity index is 498. The number of halogens is 1. The molecule has 1 saturated heterocycles. The Kier molecular flexibility index (Phi) is 3.16. The molecule has 3 rings (SSSR count). The minimum atomic E-state index is -0.524. The fraction of sp³-hybridized carbons (Fsp3) is 0.583. The standard InChI is InChI=1S/C12H15FN4O2/c13-11-3-1-2-10(14-11)12-8-6-7(17(18)19)4-5-9(8)15-16-12/h1-3,7-9,12,15-16H,4-6H2. The number of fused-ring (bicyclic) bond motifs is 1. The van der Waals surface area contributed by atoms with Gasteiger partial charge in [-0.25, -0.2) is 10.4 Å². The number of rotatable bonds is 2. The summed E-state index contributed by atoms with van der Waals surface area (Å²) < 4.78 is 13.2. The zero-order valence-corrected chi connectivity index (χ0v) is 10.3. The highest BCUT2D eigenvalue weighted by molar-refractivity contribution is 5.14. The van der Waals surface area contributed by atoms with Crippen molar-refractivity contribution in [3.8, 4) is 0 Å². The van der Waals surface area contributed by atoms with Gasteiger partial charge in [-0.05, 0) is 18.6 Å². The topological polar surface area (TPSA) is 80.1 Å². The summed E-state index contributed by atoms with van der Waals surface area (Å²) in [6.45, 7) is 0. The van der Waals surface area contributed by atoms with Crippen molar-refractivity contribution in [3.05, 3.63) is 40.0 Å². The number of pyridine rings is 1. The van der Waals surface area contributed by atoms with Crippen molar-refractivity contribution in [2.75, 3.05) is 0 Å². The number of nitrogens with one attached hydrogen (secondary N) is 2. The van der Waals surface area contributed by atoms with Gasteiger partial charge in [0.15, 0.2) is 0 Å². The van der Waals surface area contributed by atoms with Gasteiger partial charge >= 0.3 is 0 Å². The first-order valence-electron chi connectivity index (χ1n) is 6.42. The van der Waals surface area contributed by atoms with Gasteiger partial charge in [0.2, 0.25) is 12.0 Å². The van der Waals surface area contributed by atoms with Crippen LogP contribution in [0, 0.1) is 22.0 Å². The summed E-state index contributed by atoms with van der Waals surface area (Å²) in [4.78, 5) is 14.6. The smallest absolute Gasteiger partial charge is 0.213 e. The van der Waals surface area contributed by atoms with E-state index in [0.29, 0.717) is 18.5 Å². The number of nitro groups is 1. The quantitative estimate of drug-likeness (QED) is 0.477. The van der Waals surface area contributed by atoms with Crippen LogP contribution in [-0.4, -0.2) is 22.0 Å². The molecule has 4 atom stereocenters. The molecule has 7 heteroatoms. The van der Waals surface area contributed by atoms with E-state index >= 15 is 0 Å². The minimum Gasteiger partial charge on any atom is -0.264 e. The van der Waals surface area contributed by atoms with Crippen LogP contribution in [0.15, 0.2) is 18.2 Å². The van der Waals surface area contributed by atoms with Crippen LogP contribution in [0.1, 0.15) is 31.0 Å². The van der Waals surface area contributed by atoms with E-state index in [2.05, 4.69) is 15.8 Å². The Balaban J connectivity index is 1.82. The van der Waals surface area contributed by atoms with Gasteiger partial charge in [-0.1, -0.05) is 6.07 Å². The lowest BCUT2D eigenvalue weighted by molar-refractivity contribution is -0.528. The molecule has 1 saturated carbocycles. The second-order valence-corrected chi connectivity index (χ2v) is 5.17. The molecule has 1 aliphatic heterocycles. The Morgan fingerprint density at radius 1 is 1.37 bits per heavy atom. The third-order valence-corrected chi connectivity index (χ3v) is 4.08. The Morgan fingerprint density at radius 3 is 2.95 bits per heavy atom. The second-order valence-electron chi connectivity index (χ2n) is 5.17. The number of hydrogen-bond acceptors (Lipinski definition) is 5. The van der Waals surface area contributed by atoms with Crippen molar-refractivity contribution in [2.45, 2.75) is 37.4 Å². The normalized spacial score (nSPS) is 33.9. The summed E-state index contributed by atoms with van der Waals surface area (Å²) in [5.41, 5.74) is 6.85. The molecule has 4 unspecified atom stereocenters. The summed E-state index contributed by atoms with van der Waals surface area (Å²) in [6.07, 6.45) is 1.85. The average Bonchev–Trinajstić information content (AvgIpc) is 2.81. The average molecular weight is 266 g/mol. The van der Waals surface area contributed by atoms with Gasteiger partial charge in [0.1, 0.15) is 0 Å². The van der Waals surface area contributed by atoms with Crippen LogP contribution in [0.25, 0.3) is 0 Å². The van der Waals surface area contributed by atoms with Crippen LogP contribution in [0.3, 0.4) is 0 Å². The molecule has 6 nitrogen and oxygen atoms in total. The van der Waals surface area contributed by atoms with E-state index in [1.54, 1.807) is 12.1 Å². The van der Waals surface area contributed by atoms with Crippen LogP contribution in [0.2, 0.25) is 0 Å². The van der Waals surface area contributed by atoms with E-state index in [4.69, 9.17) is 0 Å². The van der Waals surface area contributed by atoms with Gasteiger partial charge in [-0.3, -0.25) is 15.5 Å². The lowest BCUT2D eigenvalue weighted by atomic mass is 9.78. The summed E-state index contributed by atoms with van der Waals surface area (Å²) in [6, 6.07) is 4.19. The molecule has 0 spiro atoms. The largest absolute Gasteiger partial charge is 0.264 e. The molecule has 0 bridgehead atoms. The summed E-state index contributed by atoms with van der Waals surface area (Å²) in [5.74, 6) is -0.442. The highest BCUT2D eigenvalue weighted by atomic mass is 19.1. The van der Waals surface area contributed by atoms with Crippen molar-refractivity contribution in [1.82, 2.24) is 15.8 Å². The molecular weight excluding hydrogens is 251 g/mol. The first kappa shape index (κ1) is 12.4. The molecule has 0 radical (unpaired) electrons. The van der Waals surface area contributed by atoms with E-state index in [1.165, 1.54) is 6.07 Å². The van der Waals surface area contributed by atoms with Gasteiger partial charge in [-0.15, -0.1) is 0 Å². The van der Waals surface area contributed by atoms with Crippen molar-refractivity contribution < 1.29 is 9.31 Å². The number of nitrogens with zero attached hydrogens (tertiary/aromatic N) is 2. The molecule has 1 aromatic rings. The third-order valence-electron chi connectivity index (χ3n) is 4.08. The van der Waals surface area contributed by atoms with Crippen LogP contribution in [-0.2, 0) is 0 Å². The van der Waals surface area contributed by atoms with Crippen molar-refractivity contribution in [3.63, 3.8) is 0 Å². The monoisotopic (exact) mass is 266 g/mol. The first-order chi connectivity index (χ1) is 9.15. The third kappa shape index (κ3) is 2.31. The van der Waals surface area contributed by atoms with Crippen LogP contribution < -0.4 is 10.9 Å². The predicted octanol–water partition coefficient (Wildman–Crippen LogP) is 1.18. The summed E-state index contributed by atoms with van der Waals surface area (Å²) in [7, 11) is 0. The number of aromatic nitrogens is 1. The molecule has 102 valence electrons. The van der Waals surface area contributed by atoms with Gasteiger partial charge in [0.25, 0.3) is 0 Å². The number of hydrazine groups is 1. The highest BCUT2D eigenvalue weighted by Crippen LogP contribution is 2.38. The van der Waals surface area contributed by atoms with E-state index in [9.17, 15) is 14.5 Å².